The number of benzene rings is 1. The molecule has 5 heteroatoms. The summed E-state index contributed by atoms with van der Waals surface area (Å²) in [5, 5.41) is 3.65. The molecule has 19 heavy (non-hydrogen) atoms. The van der Waals surface area contributed by atoms with Crippen LogP contribution < -0.4 is 5.32 Å². The summed E-state index contributed by atoms with van der Waals surface area (Å²) in [6.45, 7) is 1.37. The molecule has 0 bridgehead atoms. The van der Waals surface area contributed by atoms with Crippen LogP contribution in [0.2, 0.25) is 5.02 Å². The summed E-state index contributed by atoms with van der Waals surface area (Å²) in [7, 11) is 0. The average Bonchev–Trinajstić information content (AvgIpc) is 2.84. The van der Waals surface area contributed by atoms with Crippen molar-refractivity contribution < 1.29 is 13.9 Å². The number of anilines is 1. The van der Waals surface area contributed by atoms with Gasteiger partial charge in [0.2, 0.25) is 0 Å². The summed E-state index contributed by atoms with van der Waals surface area (Å²) in [5.41, 5.74) is 0.513. The summed E-state index contributed by atoms with van der Waals surface area (Å²) in [6, 6.07) is 4.97. The number of nitrogens with one attached hydrogen (secondary N) is 1. The highest BCUT2D eigenvalue weighted by molar-refractivity contribution is 6.30. The van der Waals surface area contributed by atoms with Crippen LogP contribution in [-0.4, -0.2) is 25.0 Å². The Morgan fingerprint density at radius 3 is 2.53 bits per heavy atom. The molecule has 1 saturated carbocycles. The molecule has 1 aromatic carbocycles. The first-order valence-electron chi connectivity index (χ1n) is 6.66. The minimum absolute atomic E-state index is 0.258. The molecule has 1 N–H and O–H groups in total. The molecule has 0 unspecified atom stereocenters. The fraction of sp³-hybridized carbons (Fsp3) is 0.571. The van der Waals surface area contributed by atoms with Crippen molar-refractivity contribution >= 4 is 17.3 Å². The van der Waals surface area contributed by atoms with Gasteiger partial charge in [-0.05, 0) is 31.0 Å². The van der Waals surface area contributed by atoms with Gasteiger partial charge in [-0.25, -0.2) is 4.39 Å². The number of hydrogen-bond acceptors (Lipinski definition) is 3. The van der Waals surface area contributed by atoms with Crippen LogP contribution in [0.1, 0.15) is 25.7 Å². The molecule has 104 valence electrons. The van der Waals surface area contributed by atoms with Crippen LogP contribution in [0.3, 0.4) is 0 Å². The smallest absolute Gasteiger partial charge is 0.168 e. The molecular formula is C14H17ClFNO2. The number of ether oxygens (including phenoxy) is 2. The lowest BCUT2D eigenvalue weighted by atomic mass is 9.90. The molecule has 2 fully saturated rings. The van der Waals surface area contributed by atoms with E-state index in [0.717, 1.165) is 25.7 Å². The number of hydrogen-bond donors (Lipinski definition) is 1. The van der Waals surface area contributed by atoms with Crippen molar-refractivity contribution in [3.8, 4) is 0 Å². The summed E-state index contributed by atoms with van der Waals surface area (Å²) >= 11 is 5.74. The van der Waals surface area contributed by atoms with Crippen molar-refractivity contribution in [2.75, 3.05) is 18.5 Å². The Balaban J connectivity index is 1.60. The quantitative estimate of drug-likeness (QED) is 0.901. The van der Waals surface area contributed by atoms with E-state index in [1.165, 1.54) is 6.07 Å². The highest BCUT2D eigenvalue weighted by atomic mass is 35.5. The first-order chi connectivity index (χ1) is 9.17. The molecule has 1 aliphatic carbocycles. The largest absolute Gasteiger partial charge is 0.380 e. The average molecular weight is 286 g/mol. The Morgan fingerprint density at radius 1 is 1.21 bits per heavy atom. The third-order valence-electron chi connectivity index (χ3n) is 3.85. The molecule has 1 heterocycles. The zero-order valence-electron chi connectivity index (χ0n) is 10.6. The molecule has 3 rings (SSSR count). The van der Waals surface area contributed by atoms with Crippen molar-refractivity contribution in [2.45, 2.75) is 37.5 Å². The predicted molar refractivity (Wildman–Crippen MR) is 71.9 cm³/mol. The number of rotatable bonds is 2. The van der Waals surface area contributed by atoms with Gasteiger partial charge >= 0.3 is 0 Å². The Morgan fingerprint density at radius 2 is 1.89 bits per heavy atom. The lowest BCUT2D eigenvalue weighted by Crippen LogP contribution is -2.39. The first kappa shape index (κ1) is 13.2. The molecule has 0 aromatic heterocycles. The molecule has 0 atom stereocenters. The van der Waals surface area contributed by atoms with Crippen molar-refractivity contribution in [1.82, 2.24) is 0 Å². The van der Waals surface area contributed by atoms with Crippen LogP contribution in [0, 0.1) is 5.82 Å². The van der Waals surface area contributed by atoms with E-state index in [0.29, 0.717) is 23.9 Å². The minimum Gasteiger partial charge on any atom is -0.380 e. The second kappa shape index (κ2) is 5.27. The Bertz CT molecular complexity index is 453. The van der Waals surface area contributed by atoms with E-state index < -0.39 is 0 Å². The fourth-order valence-corrected chi connectivity index (χ4v) is 2.97. The van der Waals surface area contributed by atoms with Gasteiger partial charge in [0.1, 0.15) is 5.82 Å². The Kier molecular flexibility index (Phi) is 3.65. The Hall–Kier alpha value is -0.840. The standard InChI is InChI=1S/C14H17ClFNO2/c15-10-1-2-13(12(16)9-10)17-11-3-5-14(6-4-11)18-7-8-19-14/h1-2,9,11,17H,3-8H2. The van der Waals surface area contributed by atoms with Gasteiger partial charge in [0.15, 0.2) is 5.79 Å². The molecule has 1 aliphatic heterocycles. The highest BCUT2D eigenvalue weighted by Crippen LogP contribution is 2.36. The van der Waals surface area contributed by atoms with Crippen LogP contribution in [-0.2, 0) is 9.47 Å². The second-order valence-corrected chi connectivity index (χ2v) is 5.59. The van der Waals surface area contributed by atoms with Crippen LogP contribution in [0.15, 0.2) is 18.2 Å². The maximum Gasteiger partial charge on any atom is 0.168 e. The van der Waals surface area contributed by atoms with Crippen molar-refractivity contribution in [2.24, 2.45) is 0 Å². The highest BCUT2D eigenvalue weighted by Gasteiger charge is 2.40. The molecule has 0 amide bonds. The second-order valence-electron chi connectivity index (χ2n) is 5.15. The molecule has 1 saturated heterocycles. The van der Waals surface area contributed by atoms with Crippen LogP contribution in [0.25, 0.3) is 0 Å². The molecule has 3 nitrogen and oxygen atoms in total. The third kappa shape index (κ3) is 2.86. The molecule has 0 radical (unpaired) electrons. The first-order valence-corrected chi connectivity index (χ1v) is 7.04. The third-order valence-corrected chi connectivity index (χ3v) is 4.09. The minimum atomic E-state index is -0.364. The summed E-state index contributed by atoms with van der Waals surface area (Å²) in [4.78, 5) is 0. The van der Waals surface area contributed by atoms with E-state index in [1.54, 1.807) is 12.1 Å². The van der Waals surface area contributed by atoms with Gasteiger partial charge in [0.25, 0.3) is 0 Å². The van der Waals surface area contributed by atoms with Gasteiger partial charge in [-0.1, -0.05) is 11.6 Å². The fourth-order valence-electron chi connectivity index (χ4n) is 2.81. The zero-order valence-corrected chi connectivity index (χ0v) is 11.4. The summed E-state index contributed by atoms with van der Waals surface area (Å²) < 4.78 is 25.1. The SMILES string of the molecule is Fc1cc(Cl)ccc1NC1CCC2(CC1)OCCO2. The van der Waals surface area contributed by atoms with Gasteiger partial charge in [-0.2, -0.15) is 0 Å². The lowest BCUT2D eigenvalue weighted by Gasteiger charge is -2.36. The lowest BCUT2D eigenvalue weighted by molar-refractivity contribution is -0.177. The molecule has 1 spiro atoms. The number of halogens is 2. The van der Waals surface area contributed by atoms with Gasteiger partial charge in [-0.15, -0.1) is 0 Å². The predicted octanol–water partition coefficient (Wildman–Crippen LogP) is 3.58. The van der Waals surface area contributed by atoms with E-state index >= 15 is 0 Å². The summed E-state index contributed by atoms with van der Waals surface area (Å²) in [5.74, 6) is -0.669. The molecular weight excluding hydrogens is 269 g/mol. The van der Waals surface area contributed by atoms with Gasteiger partial charge < -0.3 is 14.8 Å². The zero-order chi connectivity index (χ0) is 13.3. The van der Waals surface area contributed by atoms with Gasteiger partial charge in [0, 0.05) is 23.9 Å². The van der Waals surface area contributed by atoms with E-state index in [9.17, 15) is 4.39 Å². The summed E-state index contributed by atoms with van der Waals surface area (Å²) in [6.07, 6.45) is 3.56. The van der Waals surface area contributed by atoms with Crippen molar-refractivity contribution in [3.05, 3.63) is 29.0 Å². The molecule has 2 aliphatic rings. The van der Waals surface area contributed by atoms with E-state index in [-0.39, 0.29) is 17.6 Å². The monoisotopic (exact) mass is 285 g/mol. The van der Waals surface area contributed by atoms with Crippen LogP contribution in [0.5, 0.6) is 0 Å². The van der Waals surface area contributed by atoms with Gasteiger partial charge in [-0.3, -0.25) is 0 Å². The van der Waals surface area contributed by atoms with Crippen molar-refractivity contribution in [3.63, 3.8) is 0 Å². The van der Waals surface area contributed by atoms with Gasteiger partial charge in [0.05, 0.1) is 18.9 Å². The van der Waals surface area contributed by atoms with E-state index in [1.807, 2.05) is 0 Å². The van der Waals surface area contributed by atoms with Crippen LogP contribution >= 0.6 is 11.6 Å². The normalized spacial score (nSPS) is 22.8. The van der Waals surface area contributed by atoms with Crippen LogP contribution in [0.4, 0.5) is 10.1 Å². The van der Waals surface area contributed by atoms with E-state index in [2.05, 4.69) is 5.32 Å². The van der Waals surface area contributed by atoms with E-state index in [4.69, 9.17) is 21.1 Å². The topological polar surface area (TPSA) is 30.5 Å². The maximum atomic E-state index is 13.7. The maximum absolute atomic E-state index is 13.7. The Labute approximate surface area is 117 Å². The molecule has 1 aromatic rings. The van der Waals surface area contributed by atoms with Crippen molar-refractivity contribution in [1.29, 1.82) is 0 Å².